The highest BCUT2D eigenvalue weighted by molar-refractivity contribution is 5.66. The van der Waals surface area contributed by atoms with Gasteiger partial charge in [0.2, 0.25) is 11.8 Å². The Labute approximate surface area is 181 Å². The molecule has 4 heterocycles. The molecule has 1 N–H and O–H groups in total. The van der Waals surface area contributed by atoms with E-state index in [1.165, 1.54) is 11.1 Å². The molecule has 0 atom stereocenters. The highest BCUT2D eigenvalue weighted by Crippen LogP contribution is 2.25. The first-order valence-corrected chi connectivity index (χ1v) is 10.8. The lowest BCUT2D eigenvalue weighted by Crippen LogP contribution is -2.28. The van der Waals surface area contributed by atoms with E-state index in [4.69, 9.17) is 9.40 Å². The van der Waals surface area contributed by atoms with Gasteiger partial charge in [0.25, 0.3) is 0 Å². The van der Waals surface area contributed by atoms with Gasteiger partial charge in [-0.25, -0.2) is 9.97 Å². The Bertz CT molecular complexity index is 1180. The molecule has 3 aromatic heterocycles. The molecule has 31 heavy (non-hydrogen) atoms. The van der Waals surface area contributed by atoms with Gasteiger partial charge < -0.3 is 9.73 Å². The molecule has 0 bridgehead atoms. The number of furan rings is 1. The Balaban J connectivity index is 1.41. The average Bonchev–Trinajstić information content (AvgIpc) is 3.50. The average molecular weight is 415 g/mol. The molecule has 7 heteroatoms. The van der Waals surface area contributed by atoms with Crippen molar-refractivity contribution in [3.05, 3.63) is 72.1 Å². The van der Waals surface area contributed by atoms with Crippen molar-refractivity contribution in [2.24, 2.45) is 0 Å². The fourth-order valence-corrected chi connectivity index (χ4v) is 3.91. The minimum atomic E-state index is 0.573. The van der Waals surface area contributed by atoms with Crippen LogP contribution in [0.15, 0.2) is 65.4 Å². The Hall–Kier alpha value is -3.45. The molecular weight excluding hydrogens is 388 g/mol. The van der Waals surface area contributed by atoms with E-state index in [-0.39, 0.29) is 0 Å². The third-order valence-corrected chi connectivity index (χ3v) is 5.54. The summed E-state index contributed by atoms with van der Waals surface area (Å²) in [7, 11) is 0. The maximum Gasteiger partial charge on any atom is 0.225 e. The number of hydrogen-bond donors (Lipinski definition) is 1. The molecule has 4 aromatic rings. The maximum atomic E-state index is 5.52. The molecule has 0 unspecified atom stereocenters. The zero-order valence-corrected chi connectivity index (χ0v) is 17.7. The summed E-state index contributed by atoms with van der Waals surface area (Å²) >= 11 is 0. The van der Waals surface area contributed by atoms with Crippen LogP contribution in [0.5, 0.6) is 0 Å². The second-order valence-electron chi connectivity index (χ2n) is 7.76. The van der Waals surface area contributed by atoms with Crippen LogP contribution in [-0.2, 0) is 6.54 Å². The quantitative estimate of drug-likeness (QED) is 0.480. The first-order chi connectivity index (χ1) is 15.3. The Morgan fingerprint density at radius 1 is 1.13 bits per heavy atom. The van der Waals surface area contributed by atoms with E-state index >= 15 is 0 Å². The predicted molar refractivity (Wildman–Crippen MR) is 122 cm³/mol. The second kappa shape index (κ2) is 8.73. The minimum absolute atomic E-state index is 0.573. The lowest BCUT2D eigenvalue weighted by Gasteiger charge is -2.26. The first-order valence-electron chi connectivity index (χ1n) is 10.8. The first kappa shape index (κ1) is 19.5. The van der Waals surface area contributed by atoms with Crippen molar-refractivity contribution in [1.29, 1.82) is 0 Å². The van der Waals surface area contributed by atoms with Crippen molar-refractivity contribution in [2.75, 3.05) is 25.0 Å². The highest BCUT2D eigenvalue weighted by atomic mass is 16.3. The molecule has 0 saturated heterocycles. The zero-order chi connectivity index (χ0) is 21.0. The van der Waals surface area contributed by atoms with E-state index in [2.05, 4.69) is 63.6 Å². The highest BCUT2D eigenvalue weighted by Gasteiger charge is 2.19. The number of benzene rings is 1. The van der Waals surface area contributed by atoms with Crippen molar-refractivity contribution in [1.82, 2.24) is 24.5 Å². The summed E-state index contributed by atoms with van der Waals surface area (Å²) in [5.41, 5.74) is 4.61. The monoisotopic (exact) mass is 414 g/mol. The molecule has 0 spiro atoms. The molecule has 0 fully saturated rings. The molecule has 0 aliphatic carbocycles. The standard InChI is InChI=1S/C24H26N6O/c1-2-12-25-24-26-16-20(23-27-22(28-30(23)24)21-9-6-15-31-21)17-29-13-10-19(11-14-29)18-7-4-3-5-8-18/h3-10,15-16H,2,11-14,17H2,1H3,(H,25,26). The summed E-state index contributed by atoms with van der Waals surface area (Å²) < 4.78 is 7.32. The third kappa shape index (κ3) is 4.09. The zero-order valence-electron chi connectivity index (χ0n) is 17.7. The van der Waals surface area contributed by atoms with Crippen LogP contribution in [0.3, 0.4) is 0 Å². The third-order valence-electron chi connectivity index (χ3n) is 5.54. The van der Waals surface area contributed by atoms with Gasteiger partial charge in [-0.1, -0.05) is 43.3 Å². The topological polar surface area (TPSA) is 71.5 Å². The van der Waals surface area contributed by atoms with E-state index in [9.17, 15) is 0 Å². The minimum Gasteiger partial charge on any atom is -0.461 e. The van der Waals surface area contributed by atoms with Gasteiger partial charge in [-0.3, -0.25) is 4.90 Å². The Kier molecular flexibility index (Phi) is 5.50. The van der Waals surface area contributed by atoms with Gasteiger partial charge in [-0.2, -0.15) is 4.52 Å². The van der Waals surface area contributed by atoms with Gasteiger partial charge in [0.05, 0.1) is 6.26 Å². The summed E-state index contributed by atoms with van der Waals surface area (Å²) in [5, 5.41) is 8.02. The van der Waals surface area contributed by atoms with Gasteiger partial charge in [0.15, 0.2) is 11.4 Å². The number of nitrogens with zero attached hydrogens (tertiary/aromatic N) is 5. The van der Waals surface area contributed by atoms with Crippen LogP contribution in [0, 0.1) is 0 Å². The number of aromatic nitrogens is 4. The van der Waals surface area contributed by atoms with Crippen LogP contribution in [0.1, 0.15) is 30.9 Å². The SMILES string of the molecule is CCCNc1ncc(CN2CC=C(c3ccccc3)CC2)c2nc(-c3ccco3)nn12. The van der Waals surface area contributed by atoms with Crippen molar-refractivity contribution >= 4 is 17.2 Å². The van der Waals surface area contributed by atoms with Crippen LogP contribution in [0.25, 0.3) is 22.8 Å². The molecule has 5 rings (SSSR count). The lowest BCUT2D eigenvalue weighted by atomic mass is 9.99. The van der Waals surface area contributed by atoms with Gasteiger partial charge in [0, 0.05) is 37.9 Å². The molecule has 1 aliphatic heterocycles. The number of hydrogen-bond acceptors (Lipinski definition) is 6. The van der Waals surface area contributed by atoms with Crippen molar-refractivity contribution < 1.29 is 4.42 Å². The van der Waals surface area contributed by atoms with E-state index in [1.54, 1.807) is 10.8 Å². The lowest BCUT2D eigenvalue weighted by molar-refractivity contribution is 0.294. The molecule has 1 aliphatic rings. The smallest absolute Gasteiger partial charge is 0.225 e. The van der Waals surface area contributed by atoms with E-state index < -0.39 is 0 Å². The van der Waals surface area contributed by atoms with E-state index in [0.717, 1.165) is 50.2 Å². The molecule has 0 amide bonds. The fraction of sp³-hybridized carbons (Fsp3) is 0.292. The number of nitrogens with one attached hydrogen (secondary N) is 1. The normalized spacial score (nSPS) is 14.7. The van der Waals surface area contributed by atoms with Crippen molar-refractivity contribution in [2.45, 2.75) is 26.3 Å². The molecular formula is C24H26N6O. The summed E-state index contributed by atoms with van der Waals surface area (Å²) in [6, 6.07) is 14.4. The van der Waals surface area contributed by atoms with Gasteiger partial charge in [-0.15, -0.1) is 5.10 Å². The van der Waals surface area contributed by atoms with E-state index in [0.29, 0.717) is 17.5 Å². The van der Waals surface area contributed by atoms with Gasteiger partial charge in [0.1, 0.15) is 0 Å². The van der Waals surface area contributed by atoms with Crippen LogP contribution in [-0.4, -0.2) is 44.1 Å². The number of anilines is 1. The summed E-state index contributed by atoms with van der Waals surface area (Å²) in [4.78, 5) is 11.9. The Morgan fingerprint density at radius 2 is 2.03 bits per heavy atom. The van der Waals surface area contributed by atoms with Gasteiger partial charge in [-0.05, 0) is 36.1 Å². The molecule has 0 radical (unpaired) electrons. The van der Waals surface area contributed by atoms with Crippen molar-refractivity contribution in [3.63, 3.8) is 0 Å². The molecule has 158 valence electrons. The van der Waals surface area contributed by atoms with Crippen LogP contribution in [0.2, 0.25) is 0 Å². The Morgan fingerprint density at radius 3 is 2.77 bits per heavy atom. The molecule has 7 nitrogen and oxygen atoms in total. The summed E-state index contributed by atoms with van der Waals surface area (Å²) in [6.07, 6.45) is 7.94. The molecule has 0 saturated carbocycles. The van der Waals surface area contributed by atoms with Crippen molar-refractivity contribution in [3.8, 4) is 11.6 Å². The second-order valence-corrected chi connectivity index (χ2v) is 7.76. The van der Waals surface area contributed by atoms with Crippen LogP contribution >= 0.6 is 0 Å². The predicted octanol–water partition coefficient (Wildman–Crippen LogP) is 4.50. The van der Waals surface area contributed by atoms with Crippen LogP contribution < -0.4 is 5.32 Å². The van der Waals surface area contributed by atoms with Crippen LogP contribution in [0.4, 0.5) is 5.95 Å². The number of rotatable bonds is 7. The largest absolute Gasteiger partial charge is 0.461 e. The van der Waals surface area contributed by atoms with E-state index in [1.807, 2.05) is 18.3 Å². The summed E-state index contributed by atoms with van der Waals surface area (Å²) in [6.45, 7) is 5.64. The summed E-state index contributed by atoms with van der Waals surface area (Å²) in [5.74, 6) is 1.93. The number of fused-ring (bicyclic) bond motifs is 1. The molecule has 1 aromatic carbocycles. The van der Waals surface area contributed by atoms with Gasteiger partial charge >= 0.3 is 0 Å². The maximum absolute atomic E-state index is 5.52. The fourth-order valence-electron chi connectivity index (χ4n) is 3.91.